The van der Waals surface area contributed by atoms with E-state index in [4.69, 9.17) is 21.1 Å². The van der Waals surface area contributed by atoms with Crippen LogP contribution in [0.2, 0.25) is 5.02 Å². The number of aromatic nitrogens is 1. The van der Waals surface area contributed by atoms with E-state index in [1.165, 1.54) is 6.07 Å². The summed E-state index contributed by atoms with van der Waals surface area (Å²) in [5.41, 5.74) is 0.155. The van der Waals surface area contributed by atoms with Gasteiger partial charge in [0.05, 0.1) is 13.2 Å². The van der Waals surface area contributed by atoms with Crippen molar-refractivity contribution in [1.29, 1.82) is 0 Å². The summed E-state index contributed by atoms with van der Waals surface area (Å²) in [4.78, 5) is 12.0. The van der Waals surface area contributed by atoms with Crippen LogP contribution in [0.1, 0.15) is 0 Å². The van der Waals surface area contributed by atoms with Crippen LogP contribution in [-0.2, 0) is 44.0 Å². The normalized spacial score (nSPS) is 10.5. The molecule has 2 rings (SSSR count). The maximum absolute atomic E-state index is 12.7. The van der Waals surface area contributed by atoms with Crippen LogP contribution in [0.5, 0.6) is 5.75 Å². The molecule has 8 heteroatoms. The van der Waals surface area contributed by atoms with Gasteiger partial charge in [-0.15, -0.1) is 12.1 Å². The van der Waals surface area contributed by atoms with Gasteiger partial charge in [-0.1, -0.05) is 11.3 Å². The van der Waals surface area contributed by atoms with E-state index in [1.54, 1.807) is 31.4 Å². The van der Waals surface area contributed by atoms with Crippen molar-refractivity contribution >= 4 is 11.6 Å². The van der Waals surface area contributed by atoms with Crippen molar-refractivity contribution in [3.05, 3.63) is 51.8 Å². The second-order valence-corrected chi connectivity index (χ2v) is 5.06. The van der Waals surface area contributed by atoms with Crippen molar-refractivity contribution in [2.24, 2.45) is 0 Å². The molecule has 127 valence electrons. The third-order valence-electron chi connectivity index (χ3n) is 3.06. The van der Waals surface area contributed by atoms with Crippen molar-refractivity contribution < 1.29 is 51.0 Å². The first kappa shape index (κ1) is 21.2. The van der Waals surface area contributed by atoms with Gasteiger partial charge in [-0.25, -0.2) is 8.78 Å². The molecule has 0 fully saturated rings. The molecule has 0 N–H and O–H groups in total. The second kappa shape index (κ2) is 10.2. The minimum atomic E-state index is -2.67. The van der Waals surface area contributed by atoms with Crippen LogP contribution < -0.4 is 10.3 Å². The first-order valence-electron chi connectivity index (χ1n) is 6.84. The average molecular weight is 432 g/mol. The van der Waals surface area contributed by atoms with Crippen LogP contribution in [0.25, 0.3) is 11.3 Å². The molecule has 0 atom stereocenters. The Kier molecular flexibility index (Phi) is 9.05. The van der Waals surface area contributed by atoms with Gasteiger partial charge in [0.25, 0.3) is 6.43 Å². The van der Waals surface area contributed by atoms with E-state index in [9.17, 15) is 13.6 Å². The summed E-state index contributed by atoms with van der Waals surface area (Å²) >= 11 is 5.71. The molecule has 0 spiro atoms. The summed E-state index contributed by atoms with van der Waals surface area (Å²) in [6.45, 7) is 0.122. The Hall–Kier alpha value is -0.816. The summed E-state index contributed by atoms with van der Waals surface area (Å²) in [6, 6.07) is 10.8. The summed E-state index contributed by atoms with van der Waals surface area (Å²) in [5, 5.41) is -0.145. The standard InChI is InChI=1S/C16H15ClF2NO3.Y/c1-22-8-9-23-12-4-2-11(3-5-12)14-7-6-13(17)16(21)20(14)10-15(18)19;/h2-6,15H,8-10H2,1H3;/q-1;. The quantitative estimate of drug-likeness (QED) is 0.499. The summed E-state index contributed by atoms with van der Waals surface area (Å²) in [5.74, 6) is 0.613. The first-order chi connectivity index (χ1) is 11.0. The van der Waals surface area contributed by atoms with E-state index in [-0.39, 0.29) is 43.4 Å². The van der Waals surface area contributed by atoms with Crippen LogP contribution in [0.4, 0.5) is 8.78 Å². The third kappa shape index (κ3) is 5.62. The summed E-state index contributed by atoms with van der Waals surface area (Å²) < 4.78 is 36.7. The van der Waals surface area contributed by atoms with Gasteiger partial charge in [0.2, 0.25) is 5.56 Å². The van der Waals surface area contributed by atoms with Crippen molar-refractivity contribution in [3.63, 3.8) is 0 Å². The molecule has 0 aliphatic carbocycles. The predicted octanol–water partition coefficient (Wildman–Crippen LogP) is 3.26. The molecule has 0 aliphatic heterocycles. The minimum absolute atomic E-state index is 0. The Morgan fingerprint density at radius 3 is 2.50 bits per heavy atom. The second-order valence-electron chi connectivity index (χ2n) is 4.66. The van der Waals surface area contributed by atoms with E-state index in [2.05, 4.69) is 6.07 Å². The number of methoxy groups -OCH3 is 1. The number of hydrogen-bond acceptors (Lipinski definition) is 3. The molecule has 1 aromatic carbocycles. The Labute approximate surface area is 168 Å². The van der Waals surface area contributed by atoms with Crippen LogP contribution in [0, 0.1) is 6.07 Å². The Morgan fingerprint density at radius 2 is 1.92 bits per heavy atom. The van der Waals surface area contributed by atoms with Gasteiger partial charge in [0.1, 0.15) is 12.4 Å². The molecular weight excluding hydrogens is 417 g/mol. The van der Waals surface area contributed by atoms with Gasteiger partial charge in [-0.3, -0.25) is 4.79 Å². The molecule has 0 saturated heterocycles. The van der Waals surface area contributed by atoms with Gasteiger partial charge in [-0.2, -0.15) is 23.7 Å². The molecule has 0 bridgehead atoms. The average Bonchev–Trinajstić information content (AvgIpc) is 2.53. The fourth-order valence-corrected chi connectivity index (χ4v) is 2.16. The van der Waals surface area contributed by atoms with Crippen molar-refractivity contribution in [3.8, 4) is 17.0 Å². The van der Waals surface area contributed by atoms with Crippen molar-refractivity contribution in [1.82, 2.24) is 4.57 Å². The van der Waals surface area contributed by atoms with E-state index in [0.29, 0.717) is 24.5 Å². The number of ether oxygens (including phenoxy) is 2. The number of pyridine rings is 1. The first-order valence-corrected chi connectivity index (χ1v) is 7.22. The molecule has 24 heavy (non-hydrogen) atoms. The van der Waals surface area contributed by atoms with Gasteiger partial charge in [0, 0.05) is 44.8 Å². The van der Waals surface area contributed by atoms with Crippen molar-refractivity contribution in [2.45, 2.75) is 13.0 Å². The molecule has 1 radical (unpaired) electrons. The molecule has 0 aliphatic rings. The Balaban J connectivity index is 0.00000288. The van der Waals surface area contributed by atoms with Gasteiger partial charge in [0.15, 0.2) is 0 Å². The Bertz CT molecular complexity index is 707. The summed E-state index contributed by atoms with van der Waals surface area (Å²) in [6.07, 6.45) is -2.67. The van der Waals surface area contributed by atoms with Crippen LogP contribution in [0.3, 0.4) is 0 Å². The maximum atomic E-state index is 12.7. The largest absolute Gasteiger partial charge is 0.491 e. The van der Waals surface area contributed by atoms with E-state index in [1.807, 2.05) is 0 Å². The number of alkyl halides is 2. The zero-order valence-electron chi connectivity index (χ0n) is 13.0. The molecule has 1 aromatic heterocycles. The molecular formula is C16H15ClF2NO3Y-. The Morgan fingerprint density at radius 1 is 1.25 bits per heavy atom. The number of nitrogens with zero attached hydrogens (tertiary/aromatic N) is 1. The minimum Gasteiger partial charge on any atom is -0.491 e. The third-order valence-corrected chi connectivity index (χ3v) is 3.33. The number of rotatable bonds is 7. The SMILES string of the molecule is COCCOc1ccc(-c2[c-]cc(Cl)c(=O)n2CC(F)F)cc1.[Y]. The molecule has 2 aromatic rings. The van der Waals surface area contributed by atoms with Crippen LogP contribution >= 0.6 is 11.6 Å². The molecule has 4 nitrogen and oxygen atoms in total. The van der Waals surface area contributed by atoms with Crippen molar-refractivity contribution in [2.75, 3.05) is 20.3 Å². The number of hydrogen-bond donors (Lipinski definition) is 0. The predicted molar refractivity (Wildman–Crippen MR) is 83.4 cm³/mol. The van der Waals surface area contributed by atoms with Crippen LogP contribution in [0.15, 0.2) is 35.1 Å². The molecule has 1 heterocycles. The molecule has 0 unspecified atom stereocenters. The van der Waals surface area contributed by atoms with E-state index >= 15 is 0 Å². The smallest absolute Gasteiger partial charge is 0.256 e. The van der Waals surface area contributed by atoms with E-state index in [0.717, 1.165) is 4.57 Å². The zero-order chi connectivity index (χ0) is 16.8. The van der Waals surface area contributed by atoms with Crippen LogP contribution in [-0.4, -0.2) is 31.3 Å². The van der Waals surface area contributed by atoms with E-state index < -0.39 is 18.5 Å². The summed E-state index contributed by atoms with van der Waals surface area (Å²) in [7, 11) is 1.57. The molecule has 0 saturated carbocycles. The van der Waals surface area contributed by atoms with Gasteiger partial charge >= 0.3 is 0 Å². The topological polar surface area (TPSA) is 40.5 Å². The van der Waals surface area contributed by atoms with Gasteiger partial charge < -0.3 is 14.0 Å². The number of halogens is 3. The fourth-order valence-electron chi connectivity index (χ4n) is 2.01. The monoisotopic (exact) mass is 431 g/mol. The maximum Gasteiger partial charge on any atom is 0.256 e. The fraction of sp³-hybridized carbons (Fsp3) is 0.312. The number of benzene rings is 1. The zero-order valence-corrected chi connectivity index (χ0v) is 16.6. The van der Waals surface area contributed by atoms with Gasteiger partial charge in [-0.05, 0) is 12.1 Å². The molecule has 0 amide bonds.